The summed E-state index contributed by atoms with van der Waals surface area (Å²) in [7, 11) is 0. The molecule has 2 aliphatic rings. The molecule has 1 fully saturated rings. The molecule has 1 atom stereocenters. The van der Waals surface area contributed by atoms with Gasteiger partial charge in [-0.25, -0.2) is 4.98 Å². The number of aromatic nitrogens is 2. The number of ether oxygens (including phenoxy) is 3. The Balaban J connectivity index is 1.51. The predicted molar refractivity (Wildman–Crippen MR) is 132 cm³/mol. The normalized spacial score (nSPS) is 18.2. The Morgan fingerprint density at radius 3 is 2.81 bits per heavy atom. The van der Waals surface area contributed by atoms with Crippen LogP contribution in [0.3, 0.4) is 0 Å². The van der Waals surface area contributed by atoms with Gasteiger partial charge in [-0.05, 0) is 55.5 Å². The third-order valence-corrected chi connectivity index (χ3v) is 6.94. The molecule has 2 aliphatic heterocycles. The number of pyridine rings is 1. The van der Waals surface area contributed by atoms with E-state index in [1.165, 1.54) is 16.2 Å². The first-order chi connectivity index (χ1) is 17.5. The van der Waals surface area contributed by atoms with Crippen molar-refractivity contribution in [2.45, 2.75) is 13.0 Å². The number of benzene rings is 2. The van der Waals surface area contributed by atoms with Crippen LogP contribution in [0.5, 0.6) is 17.2 Å². The summed E-state index contributed by atoms with van der Waals surface area (Å²) in [6.07, 6.45) is 1.57. The minimum atomic E-state index is -0.969. The largest absolute Gasteiger partial charge is 0.507 e. The Morgan fingerprint density at radius 1 is 1.14 bits per heavy atom. The van der Waals surface area contributed by atoms with Gasteiger partial charge in [-0.3, -0.25) is 19.5 Å². The Morgan fingerprint density at radius 2 is 2.00 bits per heavy atom. The number of hydrogen-bond donors (Lipinski definition) is 1. The summed E-state index contributed by atoms with van der Waals surface area (Å²) in [6.45, 7) is 2.49. The molecule has 0 bridgehead atoms. The maximum Gasteiger partial charge on any atom is 0.301 e. The molecule has 1 N–H and O–H groups in total. The maximum absolute atomic E-state index is 13.4. The van der Waals surface area contributed by atoms with Crippen LogP contribution in [0.2, 0.25) is 0 Å². The van der Waals surface area contributed by atoms with Crippen molar-refractivity contribution in [2.24, 2.45) is 0 Å². The number of anilines is 1. The lowest BCUT2D eigenvalue weighted by atomic mass is 9.98. The fourth-order valence-corrected chi connectivity index (χ4v) is 5.32. The van der Waals surface area contributed by atoms with Gasteiger partial charge in [0.2, 0.25) is 6.79 Å². The van der Waals surface area contributed by atoms with Crippen molar-refractivity contribution in [1.29, 1.82) is 0 Å². The number of carbonyl (C=O) groups is 2. The summed E-state index contributed by atoms with van der Waals surface area (Å²) >= 11 is 1.26. The van der Waals surface area contributed by atoms with E-state index in [1.807, 2.05) is 13.0 Å². The van der Waals surface area contributed by atoms with E-state index >= 15 is 0 Å². The third kappa shape index (κ3) is 3.54. The van der Waals surface area contributed by atoms with Gasteiger partial charge in [0.25, 0.3) is 5.78 Å². The van der Waals surface area contributed by atoms with Crippen molar-refractivity contribution in [1.82, 2.24) is 9.97 Å². The van der Waals surface area contributed by atoms with Gasteiger partial charge in [0.05, 0.1) is 28.1 Å². The van der Waals surface area contributed by atoms with E-state index in [0.29, 0.717) is 45.8 Å². The van der Waals surface area contributed by atoms with Gasteiger partial charge in [-0.2, -0.15) is 0 Å². The molecule has 10 heteroatoms. The summed E-state index contributed by atoms with van der Waals surface area (Å²) in [5.74, 6) is -0.281. The zero-order valence-corrected chi connectivity index (χ0v) is 19.8. The standard InChI is InChI=1S/C26H19N3O6S/c1-2-33-15-7-8-16-20(12-15)36-26(28-16)29-22(17-5-3-4-10-27-17)21(24(31)25(29)32)23(30)14-6-9-18-19(11-14)35-13-34-18/h3-12,22,30H,2,13H2,1H3/b23-21+. The highest BCUT2D eigenvalue weighted by molar-refractivity contribution is 7.22. The highest BCUT2D eigenvalue weighted by Crippen LogP contribution is 2.45. The molecule has 1 saturated heterocycles. The molecule has 2 aromatic heterocycles. The van der Waals surface area contributed by atoms with Crippen LogP contribution in [-0.4, -0.2) is 40.2 Å². The number of aliphatic hydroxyl groups excluding tert-OH is 1. The second-order valence-electron chi connectivity index (χ2n) is 8.05. The van der Waals surface area contributed by atoms with Crippen molar-refractivity contribution in [3.05, 3.63) is 77.6 Å². The molecule has 2 aromatic carbocycles. The maximum atomic E-state index is 13.4. The van der Waals surface area contributed by atoms with E-state index in [2.05, 4.69) is 9.97 Å². The van der Waals surface area contributed by atoms with Crippen molar-refractivity contribution in [2.75, 3.05) is 18.3 Å². The van der Waals surface area contributed by atoms with Gasteiger partial charge in [0.1, 0.15) is 17.6 Å². The van der Waals surface area contributed by atoms with Crippen molar-refractivity contribution in [3.63, 3.8) is 0 Å². The van der Waals surface area contributed by atoms with E-state index in [-0.39, 0.29) is 18.1 Å². The lowest BCUT2D eigenvalue weighted by Crippen LogP contribution is -2.29. The van der Waals surface area contributed by atoms with Crippen LogP contribution in [0.1, 0.15) is 24.2 Å². The minimum Gasteiger partial charge on any atom is -0.507 e. The van der Waals surface area contributed by atoms with Gasteiger partial charge in [0.15, 0.2) is 16.6 Å². The number of nitrogens with zero attached hydrogens (tertiary/aromatic N) is 3. The number of aliphatic hydroxyl groups is 1. The molecular weight excluding hydrogens is 482 g/mol. The summed E-state index contributed by atoms with van der Waals surface area (Å²) in [5.41, 5.74) is 1.33. The summed E-state index contributed by atoms with van der Waals surface area (Å²) in [6, 6.07) is 14.5. The van der Waals surface area contributed by atoms with Crippen LogP contribution in [0, 0.1) is 0 Å². The number of amides is 1. The Hall–Kier alpha value is -4.44. The third-order valence-electron chi connectivity index (χ3n) is 5.92. The van der Waals surface area contributed by atoms with Gasteiger partial charge in [-0.15, -0.1) is 0 Å². The van der Waals surface area contributed by atoms with E-state index in [4.69, 9.17) is 14.2 Å². The van der Waals surface area contributed by atoms with Gasteiger partial charge >= 0.3 is 5.91 Å². The molecule has 9 nitrogen and oxygen atoms in total. The highest BCUT2D eigenvalue weighted by Gasteiger charge is 2.49. The van der Waals surface area contributed by atoms with Crippen LogP contribution < -0.4 is 19.1 Å². The summed E-state index contributed by atoms with van der Waals surface area (Å²) in [5, 5.41) is 11.6. The molecule has 4 aromatic rings. The van der Waals surface area contributed by atoms with Crippen molar-refractivity contribution < 1.29 is 28.9 Å². The molecule has 0 radical (unpaired) electrons. The molecule has 6 rings (SSSR count). The second kappa shape index (κ2) is 8.65. The van der Waals surface area contributed by atoms with Gasteiger partial charge in [0, 0.05) is 11.8 Å². The number of Topliss-reactive ketones (excluding diaryl/α,β-unsaturated/α-hetero) is 1. The minimum absolute atomic E-state index is 0.0699. The number of ketones is 1. The smallest absolute Gasteiger partial charge is 0.301 e. The number of carbonyl (C=O) groups excluding carboxylic acids is 2. The second-order valence-corrected chi connectivity index (χ2v) is 9.06. The first kappa shape index (κ1) is 22.1. The number of hydrogen-bond acceptors (Lipinski definition) is 9. The molecule has 4 heterocycles. The molecule has 180 valence electrons. The van der Waals surface area contributed by atoms with Crippen LogP contribution in [0.4, 0.5) is 5.13 Å². The van der Waals surface area contributed by atoms with Gasteiger partial charge < -0.3 is 19.3 Å². The van der Waals surface area contributed by atoms with Gasteiger partial charge in [-0.1, -0.05) is 17.4 Å². The fraction of sp³-hybridized carbons (Fsp3) is 0.154. The van der Waals surface area contributed by atoms with E-state index < -0.39 is 17.7 Å². The Labute approximate surface area is 209 Å². The fourth-order valence-electron chi connectivity index (χ4n) is 4.30. The van der Waals surface area contributed by atoms with E-state index in [0.717, 1.165) is 4.70 Å². The summed E-state index contributed by atoms with van der Waals surface area (Å²) in [4.78, 5) is 37.0. The first-order valence-corrected chi connectivity index (χ1v) is 12.0. The highest BCUT2D eigenvalue weighted by atomic mass is 32.1. The zero-order valence-electron chi connectivity index (χ0n) is 19.0. The Kier molecular flexibility index (Phi) is 5.30. The predicted octanol–water partition coefficient (Wildman–Crippen LogP) is 4.45. The average molecular weight is 502 g/mol. The number of rotatable bonds is 5. The number of thiazole rings is 1. The van der Waals surface area contributed by atoms with Crippen LogP contribution in [0.25, 0.3) is 16.0 Å². The molecule has 36 heavy (non-hydrogen) atoms. The monoisotopic (exact) mass is 501 g/mol. The van der Waals surface area contributed by atoms with Crippen molar-refractivity contribution in [3.8, 4) is 17.2 Å². The first-order valence-electron chi connectivity index (χ1n) is 11.2. The molecule has 0 aliphatic carbocycles. The molecule has 0 saturated carbocycles. The van der Waals surface area contributed by atoms with Crippen LogP contribution in [0.15, 0.2) is 66.4 Å². The summed E-state index contributed by atoms with van der Waals surface area (Å²) < 4.78 is 17.1. The lowest BCUT2D eigenvalue weighted by Gasteiger charge is -2.21. The van der Waals surface area contributed by atoms with E-state index in [9.17, 15) is 14.7 Å². The SMILES string of the molecule is CCOc1ccc2nc(N3C(=O)C(=O)/C(=C(/O)c4ccc5c(c4)OCO5)C3c3ccccn3)sc2c1. The molecule has 1 unspecified atom stereocenters. The lowest BCUT2D eigenvalue weighted by molar-refractivity contribution is -0.132. The van der Waals surface area contributed by atoms with Crippen LogP contribution >= 0.6 is 11.3 Å². The molecule has 0 spiro atoms. The Bertz CT molecular complexity index is 1550. The van der Waals surface area contributed by atoms with Crippen molar-refractivity contribution >= 4 is 44.1 Å². The molecule has 1 amide bonds. The van der Waals surface area contributed by atoms with E-state index in [1.54, 1.807) is 54.7 Å². The quantitative estimate of drug-likeness (QED) is 0.243. The number of fused-ring (bicyclic) bond motifs is 2. The van der Waals surface area contributed by atoms with Crippen LogP contribution in [-0.2, 0) is 9.59 Å². The average Bonchev–Trinajstić information content (AvgIpc) is 3.60. The topological polar surface area (TPSA) is 111 Å². The zero-order chi connectivity index (χ0) is 24.8. The molecular formula is C26H19N3O6S.